The zero-order valence-corrected chi connectivity index (χ0v) is 11.5. The van der Waals surface area contributed by atoms with Crippen LogP contribution in [0.5, 0.6) is 0 Å². The van der Waals surface area contributed by atoms with E-state index >= 15 is 0 Å². The molecule has 5 heteroatoms. The Morgan fingerprint density at radius 1 is 1.41 bits per heavy atom. The van der Waals surface area contributed by atoms with E-state index in [-0.39, 0.29) is 0 Å². The van der Waals surface area contributed by atoms with Crippen molar-refractivity contribution < 1.29 is 9.90 Å². The van der Waals surface area contributed by atoms with Gasteiger partial charge in [0, 0.05) is 15.3 Å². The predicted molar refractivity (Wildman–Crippen MR) is 71.2 cm³/mol. The van der Waals surface area contributed by atoms with Gasteiger partial charge in [-0.1, -0.05) is 6.92 Å². The predicted octanol–water partition coefficient (Wildman–Crippen LogP) is 3.75. The highest BCUT2D eigenvalue weighted by Gasteiger charge is 2.18. The van der Waals surface area contributed by atoms with Crippen molar-refractivity contribution in [2.24, 2.45) is 0 Å². The average Bonchev–Trinajstić information content (AvgIpc) is 2.81. The highest BCUT2D eigenvalue weighted by atomic mass is 32.1. The number of aromatic carboxylic acids is 1. The highest BCUT2D eigenvalue weighted by molar-refractivity contribution is 7.18. The molecule has 0 atom stereocenters. The maximum absolute atomic E-state index is 11.1. The van der Waals surface area contributed by atoms with Crippen LogP contribution in [0.25, 0.3) is 10.6 Å². The van der Waals surface area contributed by atoms with Gasteiger partial charge in [-0.3, -0.25) is 0 Å². The number of hydrogen-bond donors (Lipinski definition) is 1. The van der Waals surface area contributed by atoms with Gasteiger partial charge in [-0.15, -0.1) is 22.7 Å². The summed E-state index contributed by atoms with van der Waals surface area (Å²) >= 11 is 2.98. The number of aromatic nitrogens is 1. The third kappa shape index (κ3) is 2.25. The van der Waals surface area contributed by atoms with Gasteiger partial charge in [0.1, 0.15) is 9.88 Å². The summed E-state index contributed by atoms with van der Waals surface area (Å²) in [6.45, 7) is 6.02. The molecule has 0 bridgehead atoms. The van der Waals surface area contributed by atoms with Gasteiger partial charge in [0.25, 0.3) is 0 Å². The summed E-state index contributed by atoms with van der Waals surface area (Å²) in [7, 11) is 0. The molecule has 0 aliphatic heterocycles. The van der Waals surface area contributed by atoms with Gasteiger partial charge in [-0.2, -0.15) is 0 Å². The molecular formula is C12H13NO2S2. The minimum absolute atomic E-state index is 0.366. The molecule has 0 aliphatic carbocycles. The van der Waals surface area contributed by atoms with Crippen LogP contribution in [0.2, 0.25) is 0 Å². The number of aryl methyl sites for hydroxylation is 3. The van der Waals surface area contributed by atoms with Crippen LogP contribution in [0.1, 0.15) is 32.0 Å². The Morgan fingerprint density at radius 2 is 2.12 bits per heavy atom. The summed E-state index contributed by atoms with van der Waals surface area (Å²) in [6.07, 6.45) is 0.653. The van der Waals surface area contributed by atoms with Gasteiger partial charge in [0.2, 0.25) is 0 Å². The minimum Gasteiger partial charge on any atom is -0.477 e. The van der Waals surface area contributed by atoms with Crippen LogP contribution in [0, 0.1) is 13.8 Å². The number of rotatable bonds is 3. The smallest absolute Gasteiger partial charge is 0.347 e. The second-order valence-electron chi connectivity index (χ2n) is 3.78. The molecule has 2 heterocycles. The molecule has 0 aliphatic rings. The lowest BCUT2D eigenvalue weighted by Crippen LogP contribution is -1.97. The number of carbonyl (C=O) groups is 1. The Labute approximate surface area is 108 Å². The fourth-order valence-electron chi connectivity index (χ4n) is 1.72. The van der Waals surface area contributed by atoms with Crippen molar-refractivity contribution in [3.63, 3.8) is 0 Å². The number of thiophene rings is 1. The minimum atomic E-state index is -0.879. The molecule has 0 spiro atoms. The van der Waals surface area contributed by atoms with E-state index in [1.165, 1.54) is 21.1 Å². The summed E-state index contributed by atoms with van der Waals surface area (Å²) in [5.41, 5.74) is 1.75. The lowest BCUT2D eigenvalue weighted by atomic mass is 10.2. The zero-order valence-electron chi connectivity index (χ0n) is 9.90. The van der Waals surface area contributed by atoms with E-state index in [0.717, 1.165) is 10.6 Å². The summed E-state index contributed by atoms with van der Waals surface area (Å²) in [5, 5.41) is 9.92. The summed E-state index contributed by atoms with van der Waals surface area (Å²) < 4.78 is 0. The molecule has 0 fully saturated rings. The van der Waals surface area contributed by atoms with Crippen molar-refractivity contribution >= 4 is 28.6 Å². The van der Waals surface area contributed by atoms with E-state index in [1.807, 2.05) is 20.8 Å². The Hall–Kier alpha value is -1.20. The van der Waals surface area contributed by atoms with E-state index < -0.39 is 5.97 Å². The summed E-state index contributed by atoms with van der Waals surface area (Å²) in [6, 6.07) is 2.07. The van der Waals surface area contributed by atoms with Crippen LogP contribution >= 0.6 is 22.7 Å². The van der Waals surface area contributed by atoms with E-state index in [2.05, 4.69) is 11.1 Å². The van der Waals surface area contributed by atoms with Crippen molar-refractivity contribution in [3.05, 3.63) is 26.4 Å². The quantitative estimate of drug-likeness (QED) is 0.921. The molecule has 17 heavy (non-hydrogen) atoms. The van der Waals surface area contributed by atoms with E-state index in [9.17, 15) is 4.79 Å². The number of nitrogens with zero attached hydrogens (tertiary/aromatic N) is 1. The normalized spacial score (nSPS) is 10.8. The average molecular weight is 267 g/mol. The van der Waals surface area contributed by atoms with Gasteiger partial charge in [0.15, 0.2) is 0 Å². The Bertz CT molecular complexity index is 569. The molecular weight excluding hydrogens is 254 g/mol. The van der Waals surface area contributed by atoms with E-state index in [1.54, 1.807) is 11.3 Å². The molecule has 0 amide bonds. The summed E-state index contributed by atoms with van der Waals surface area (Å²) in [4.78, 5) is 18.3. The lowest BCUT2D eigenvalue weighted by Gasteiger charge is -1.91. The van der Waals surface area contributed by atoms with Crippen LogP contribution < -0.4 is 0 Å². The maximum Gasteiger partial charge on any atom is 0.347 e. The number of carboxylic acids is 1. The zero-order chi connectivity index (χ0) is 12.6. The molecule has 1 N–H and O–H groups in total. The molecule has 2 aromatic rings. The van der Waals surface area contributed by atoms with Crippen molar-refractivity contribution in [2.75, 3.05) is 0 Å². The topological polar surface area (TPSA) is 50.2 Å². The summed E-state index contributed by atoms with van der Waals surface area (Å²) in [5.74, 6) is -0.879. The standard InChI is InChI=1S/C12H13NO2S2/c1-4-9-10(12(14)15)17-11(13-9)8-5-6(2)16-7(8)3/h5H,4H2,1-3H3,(H,14,15). The molecule has 90 valence electrons. The molecule has 2 aromatic heterocycles. The first-order chi connectivity index (χ1) is 8.02. The third-order valence-corrected chi connectivity index (χ3v) is 4.58. The van der Waals surface area contributed by atoms with Gasteiger partial charge < -0.3 is 5.11 Å². The van der Waals surface area contributed by atoms with Crippen LogP contribution in [-0.4, -0.2) is 16.1 Å². The van der Waals surface area contributed by atoms with Crippen LogP contribution in [-0.2, 0) is 6.42 Å². The number of carboxylic acid groups (broad SMARTS) is 1. The second kappa shape index (κ2) is 4.58. The maximum atomic E-state index is 11.1. The van der Waals surface area contributed by atoms with Crippen LogP contribution in [0.3, 0.4) is 0 Å². The first kappa shape index (κ1) is 12.3. The van der Waals surface area contributed by atoms with Crippen molar-refractivity contribution in [1.82, 2.24) is 4.98 Å². The molecule has 3 nitrogen and oxygen atoms in total. The van der Waals surface area contributed by atoms with Gasteiger partial charge in [-0.05, 0) is 26.3 Å². The first-order valence-corrected chi connectivity index (χ1v) is 6.96. The monoisotopic (exact) mass is 267 g/mol. The highest BCUT2D eigenvalue weighted by Crippen LogP contribution is 2.34. The Kier molecular flexibility index (Phi) is 3.31. The molecule has 0 radical (unpaired) electrons. The lowest BCUT2D eigenvalue weighted by molar-refractivity contribution is 0.0701. The van der Waals surface area contributed by atoms with Crippen LogP contribution in [0.15, 0.2) is 6.07 Å². The number of hydrogen-bond acceptors (Lipinski definition) is 4. The van der Waals surface area contributed by atoms with Crippen LogP contribution in [0.4, 0.5) is 0 Å². The van der Waals surface area contributed by atoms with Crippen molar-refractivity contribution in [2.45, 2.75) is 27.2 Å². The molecule has 0 saturated carbocycles. The van der Waals surface area contributed by atoms with Gasteiger partial charge >= 0.3 is 5.97 Å². The molecule has 0 aromatic carbocycles. The van der Waals surface area contributed by atoms with Crippen molar-refractivity contribution in [1.29, 1.82) is 0 Å². The third-order valence-electron chi connectivity index (χ3n) is 2.50. The SMILES string of the molecule is CCc1nc(-c2cc(C)sc2C)sc1C(=O)O. The van der Waals surface area contributed by atoms with Crippen molar-refractivity contribution in [3.8, 4) is 10.6 Å². The fourth-order valence-corrected chi connectivity index (χ4v) is 3.77. The fraction of sp³-hybridized carbons (Fsp3) is 0.333. The van der Waals surface area contributed by atoms with E-state index in [4.69, 9.17) is 5.11 Å². The van der Waals surface area contributed by atoms with Gasteiger partial charge in [0.05, 0.1) is 5.69 Å². The molecule has 0 unspecified atom stereocenters. The number of thiazole rings is 1. The van der Waals surface area contributed by atoms with E-state index in [0.29, 0.717) is 17.0 Å². The van der Waals surface area contributed by atoms with Gasteiger partial charge in [-0.25, -0.2) is 9.78 Å². The largest absolute Gasteiger partial charge is 0.477 e. The second-order valence-corrected chi connectivity index (χ2v) is 6.24. The first-order valence-electron chi connectivity index (χ1n) is 5.33. The Morgan fingerprint density at radius 3 is 2.53 bits per heavy atom. The molecule has 0 saturated heterocycles. The Balaban J connectivity index is 2.53. The molecule has 2 rings (SSSR count).